The summed E-state index contributed by atoms with van der Waals surface area (Å²) in [6.45, 7) is 8.47. The Balaban J connectivity index is 2.83. The summed E-state index contributed by atoms with van der Waals surface area (Å²) in [6.07, 6.45) is 7.91. The SMILES string of the molecule is C=C(C=CC)C(CCCC)c1ccccc1. The molecule has 0 bridgehead atoms. The molecule has 0 nitrogen and oxygen atoms in total. The van der Waals surface area contributed by atoms with Crippen LogP contribution in [0.15, 0.2) is 54.6 Å². The van der Waals surface area contributed by atoms with Gasteiger partial charge in [-0.2, -0.15) is 0 Å². The summed E-state index contributed by atoms with van der Waals surface area (Å²) >= 11 is 0. The van der Waals surface area contributed by atoms with Crippen LogP contribution in [-0.2, 0) is 0 Å². The van der Waals surface area contributed by atoms with Crippen LogP contribution in [0.3, 0.4) is 0 Å². The molecule has 0 heterocycles. The predicted octanol–water partition coefficient (Wildman–Crippen LogP) is 5.09. The van der Waals surface area contributed by atoms with E-state index < -0.39 is 0 Å². The van der Waals surface area contributed by atoms with Gasteiger partial charge in [-0.05, 0) is 24.5 Å². The summed E-state index contributed by atoms with van der Waals surface area (Å²) in [7, 11) is 0. The minimum Gasteiger partial charge on any atom is -0.0952 e. The first-order valence-corrected chi connectivity index (χ1v) is 6.16. The number of hydrogen-bond donors (Lipinski definition) is 0. The van der Waals surface area contributed by atoms with Gasteiger partial charge in [0.15, 0.2) is 0 Å². The minimum atomic E-state index is 0.484. The molecular weight excluding hydrogens is 192 g/mol. The lowest BCUT2D eigenvalue weighted by Gasteiger charge is -2.17. The van der Waals surface area contributed by atoms with Crippen LogP contribution < -0.4 is 0 Å². The molecule has 86 valence electrons. The Morgan fingerprint density at radius 3 is 2.56 bits per heavy atom. The third-order valence-electron chi connectivity index (χ3n) is 2.88. The minimum absolute atomic E-state index is 0.484. The Morgan fingerprint density at radius 2 is 2.00 bits per heavy atom. The van der Waals surface area contributed by atoms with Crippen molar-refractivity contribution in [3.05, 3.63) is 60.2 Å². The molecule has 1 atom stereocenters. The summed E-state index contributed by atoms with van der Waals surface area (Å²) in [5.74, 6) is 0.484. The van der Waals surface area contributed by atoms with Crippen molar-refractivity contribution in [3.8, 4) is 0 Å². The van der Waals surface area contributed by atoms with Crippen LogP contribution in [0, 0.1) is 0 Å². The number of rotatable bonds is 6. The average molecular weight is 214 g/mol. The highest BCUT2D eigenvalue weighted by Crippen LogP contribution is 2.29. The first kappa shape index (κ1) is 12.8. The van der Waals surface area contributed by atoms with E-state index in [9.17, 15) is 0 Å². The Morgan fingerprint density at radius 1 is 1.31 bits per heavy atom. The molecule has 0 heteroatoms. The second-order valence-electron chi connectivity index (χ2n) is 4.18. The standard InChI is InChI=1S/C16H22/c1-4-6-13-16(14(3)10-5-2)15-11-8-7-9-12-15/h5,7-12,16H,3-4,6,13H2,1-2H3. The van der Waals surface area contributed by atoms with E-state index >= 15 is 0 Å². The van der Waals surface area contributed by atoms with Gasteiger partial charge in [0.1, 0.15) is 0 Å². The van der Waals surface area contributed by atoms with Gasteiger partial charge in [-0.25, -0.2) is 0 Å². The van der Waals surface area contributed by atoms with Crippen LogP contribution in [0.4, 0.5) is 0 Å². The van der Waals surface area contributed by atoms with Crippen LogP contribution in [0.25, 0.3) is 0 Å². The smallest absolute Gasteiger partial charge is 0.00833 e. The third-order valence-corrected chi connectivity index (χ3v) is 2.88. The van der Waals surface area contributed by atoms with Crippen molar-refractivity contribution in [3.63, 3.8) is 0 Å². The van der Waals surface area contributed by atoms with Gasteiger partial charge in [0.2, 0.25) is 0 Å². The van der Waals surface area contributed by atoms with Gasteiger partial charge in [-0.15, -0.1) is 0 Å². The molecule has 0 spiro atoms. The molecule has 0 saturated carbocycles. The summed E-state index contributed by atoms with van der Waals surface area (Å²) in [5, 5.41) is 0. The van der Waals surface area contributed by atoms with Crippen molar-refractivity contribution < 1.29 is 0 Å². The van der Waals surface area contributed by atoms with E-state index in [-0.39, 0.29) is 0 Å². The van der Waals surface area contributed by atoms with Crippen LogP contribution in [0.5, 0.6) is 0 Å². The molecule has 0 amide bonds. The third kappa shape index (κ3) is 3.69. The fourth-order valence-electron chi connectivity index (χ4n) is 1.99. The number of benzene rings is 1. The van der Waals surface area contributed by atoms with Crippen molar-refractivity contribution in [2.24, 2.45) is 0 Å². The normalized spacial score (nSPS) is 12.9. The lowest BCUT2D eigenvalue weighted by atomic mass is 9.87. The van der Waals surface area contributed by atoms with Gasteiger partial charge in [0.05, 0.1) is 0 Å². The maximum absolute atomic E-state index is 4.19. The van der Waals surface area contributed by atoms with Crippen molar-refractivity contribution in [1.29, 1.82) is 0 Å². The maximum Gasteiger partial charge on any atom is 0.00833 e. The van der Waals surface area contributed by atoms with Crippen LogP contribution in [-0.4, -0.2) is 0 Å². The quantitative estimate of drug-likeness (QED) is 0.578. The summed E-state index contributed by atoms with van der Waals surface area (Å²) in [5.41, 5.74) is 2.61. The summed E-state index contributed by atoms with van der Waals surface area (Å²) in [6, 6.07) is 10.7. The van der Waals surface area contributed by atoms with Crippen molar-refractivity contribution in [2.45, 2.75) is 39.0 Å². The number of unbranched alkanes of at least 4 members (excludes halogenated alkanes) is 1. The molecule has 0 radical (unpaired) electrons. The second-order valence-corrected chi connectivity index (χ2v) is 4.18. The lowest BCUT2D eigenvalue weighted by molar-refractivity contribution is 0.650. The van der Waals surface area contributed by atoms with E-state index in [0.29, 0.717) is 5.92 Å². The Kier molecular flexibility index (Phi) is 5.63. The highest BCUT2D eigenvalue weighted by Gasteiger charge is 2.12. The van der Waals surface area contributed by atoms with Crippen LogP contribution in [0.2, 0.25) is 0 Å². The molecule has 0 aliphatic heterocycles. The van der Waals surface area contributed by atoms with Gasteiger partial charge < -0.3 is 0 Å². The molecule has 0 aliphatic rings. The molecule has 0 N–H and O–H groups in total. The highest BCUT2D eigenvalue weighted by atomic mass is 14.2. The second kappa shape index (κ2) is 7.05. The van der Waals surface area contributed by atoms with Gasteiger partial charge in [0.25, 0.3) is 0 Å². The highest BCUT2D eigenvalue weighted by molar-refractivity contribution is 5.32. The maximum atomic E-state index is 4.19. The van der Waals surface area contributed by atoms with E-state index in [1.54, 1.807) is 0 Å². The molecular formula is C16H22. The van der Waals surface area contributed by atoms with Crippen molar-refractivity contribution >= 4 is 0 Å². The number of hydrogen-bond acceptors (Lipinski definition) is 0. The van der Waals surface area contributed by atoms with Gasteiger partial charge in [-0.3, -0.25) is 0 Å². The molecule has 0 aliphatic carbocycles. The molecule has 1 unspecified atom stereocenters. The fourth-order valence-corrected chi connectivity index (χ4v) is 1.99. The molecule has 1 aromatic carbocycles. The Labute approximate surface area is 99.7 Å². The monoisotopic (exact) mass is 214 g/mol. The van der Waals surface area contributed by atoms with Crippen molar-refractivity contribution in [2.75, 3.05) is 0 Å². The van der Waals surface area contributed by atoms with Crippen LogP contribution >= 0.6 is 0 Å². The van der Waals surface area contributed by atoms with Gasteiger partial charge in [0, 0.05) is 5.92 Å². The summed E-state index contributed by atoms with van der Waals surface area (Å²) in [4.78, 5) is 0. The van der Waals surface area contributed by atoms with E-state index in [4.69, 9.17) is 0 Å². The lowest BCUT2D eigenvalue weighted by Crippen LogP contribution is -2.00. The molecule has 0 aromatic heterocycles. The largest absolute Gasteiger partial charge is 0.0952 e. The van der Waals surface area contributed by atoms with E-state index in [0.717, 1.165) is 0 Å². The average Bonchev–Trinajstić information content (AvgIpc) is 2.31. The molecule has 1 aromatic rings. The fraction of sp³-hybridized carbons (Fsp3) is 0.375. The van der Waals surface area contributed by atoms with Gasteiger partial charge in [-0.1, -0.05) is 68.8 Å². The van der Waals surface area contributed by atoms with Crippen molar-refractivity contribution in [1.82, 2.24) is 0 Å². The zero-order valence-corrected chi connectivity index (χ0v) is 10.4. The number of allylic oxidation sites excluding steroid dienone is 3. The van der Waals surface area contributed by atoms with E-state index in [1.165, 1.54) is 30.4 Å². The first-order chi connectivity index (χ1) is 7.79. The topological polar surface area (TPSA) is 0 Å². The van der Waals surface area contributed by atoms with Gasteiger partial charge >= 0.3 is 0 Å². The zero-order valence-electron chi connectivity index (χ0n) is 10.4. The Bertz CT molecular complexity index is 332. The Hall–Kier alpha value is -1.30. The van der Waals surface area contributed by atoms with E-state index in [2.05, 4.69) is 56.0 Å². The first-order valence-electron chi connectivity index (χ1n) is 6.16. The molecule has 1 rings (SSSR count). The molecule has 0 saturated heterocycles. The molecule has 16 heavy (non-hydrogen) atoms. The van der Waals surface area contributed by atoms with Crippen LogP contribution in [0.1, 0.15) is 44.6 Å². The zero-order chi connectivity index (χ0) is 11.8. The summed E-state index contributed by atoms with van der Waals surface area (Å²) < 4.78 is 0. The van der Waals surface area contributed by atoms with E-state index in [1.807, 2.05) is 6.92 Å². The molecule has 0 fully saturated rings. The predicted molar refractivity (Wildman–Crippen MR) is 72.7 cm³/mol.